The third-order valence-electron chi connectivity index (χ3n) is 5.37. The van der Waals surface area contributed by atoms with Crippen LogP contribution in [0.1, 0.15) is 37.6 Å². The predicted octanol–water partition coefficient (Wildman–Crippen LogP) is 4.15. The predicted molar refractivity (Wildman–Crippen MR) is 122 cm³/mol. The number of unbranched alkanes of at least 4 members (excludes halogenated alkanes) is 1. The van der Waals surface area contributed by atoms with Crippen molar-refractivity contribution < 1.29 is 14.0 Å². The van der Waals surface area contributed by atoms with Gasteiger partial charge in [-0.2, -0.15) is 4.98 Å². The van der Waals surface area contributed by atoms with Crippen molar-refractivity contribution >= 4 is 29.1 Å². The van der Waals surface area contributed by atoms with Crippen LogP contribution in [0, 0.1) is 5.41 Å². The SMILES string of the molecule is COCCCCOc1ccc2cc(-c3noc(C4CCCN4C(=N)N)n3)ccc2c1.Cl. The number of likely N-dealkylation sites (tertiary alicyclic amines) is 1. The fourth-order valence-electron chi connectivity index (χ4n) is 3.79. The van der Waals surface area contributed by atoms with Crippen molar-refractivity contribution in [3.05, 3.63) is 42.3 Å². The molecular weight excluding hydrogens is 418 g/mol. The summed E-state index contributed by atoms with van der Waals surface area (Å²) in [5.74, 6) is 1.95. The third-order valence-corrected chi connectivity index (χ3v) is 5.37. The van der Waals surface area contributed by atoms with Gasteiger partial charge in [0.25, 0.3) is 0 Å². The molecule has 2 aromatic carbocycles. The van der Waals surface area contributed by atoms with Gasteiger partial charge in [-0.25, -0.2) is 0 Å². The van der Waals surface area contributed by atoms with Crippen LogP contribution < -0.4 is 10.5 Å². The second kappa shape index (κ2) is 10.5. The van der Waals surface area contributed by atoms with Crippen molar-refractivity contribution in [2.75, 3.05) is 26.9 Å². The fraction of sp³-hybridized carbons (Fsp3) is 0.409. The standard InChI is InChI=1S/C22H27N5O3.ClH/c1-28-11-2-3-12-29-18-9-8-15-13-17(7-6-16(15)14-18)20-25-21(30-26-20)19-5-4-10-27(19)22(23)24;/h6-9,13-14,19H,2-5,10-12H2,1H3,(H3,23,24);1H. The molecule has 1 saturated heterocycles. The Morgan fingerprint density at radius 3 is 2.77 bits per heavy atom. The summed E-state index contributed by atoms with van der Waals surface area (Å²) in [7, 11) is 1.71. The molecule has 0 radical (unpaired) electrons. The van der Waals surface area contributed by atoms with Crippen molar-refractivity contribution in [1.82, 2.24) is 15.0 Å². The van der Waals surface area contributed by atoms with Crippen LogP contribution in [0.25, 0.3) is 22.2 Å². The molecule has 1 aliphatic rings. The minimum atomic E-state index is -0.118. The number of hydrogen-bond acceptors (Lipinski definition) is 6. The number of methoxy groups -OCH3 is 1. The summed E-state index contributed by atoms with van der Waals surface area (Å²) in [6.45, 7) is 2.18. The van der Waals surface area contributed by atoms with E-state index >= 15 is 0 Å². The normalized spacial score (nSPS) is 15.8. The molecule has 31 heavy (non-hydrogen) atoms. The van der Waals surface area contributed by atoms with Gasteiger partial charge in [0, 0.05) is 25.8 Å². The fourth-order valence-corrected chi connectivity index (χ4v) is 3.79. The summed E-state index contributed by atoms with van der Waals surface area (Å²) in [4.78, 5) is 6.38. The summed E-state index contributed by atoms with van der Waals surface area (Å²) in [5, 5.41) is 14.0. The van der Waals surface area contributed by atoms with Crippen molar-refractivity contribution in [2.24, 2.45) is 5.73 Å². The van der Waals surface area contributed by atoms with E-state index in [9.17, 15) is 0 Å². The monoisotopic (exact) mass is 445 g/mol. The molecule has 0 saturated carbocycles. The summed E-state index contributed by atoms with van der Waals surface area (Å²) in [6, 6.07) is 12.0. The average molecular weight is 446 g/mol. The number of guanidine groups is 1. The molecule has 1 unspecified atom stereocenters. The Hall–Kier alpha value is -2.84. The Morgan fingerprint density at radius 2 is 1.97 bits per heavy atom. The molecule has 0 bridgehead atoms. The number of rotatable bonds is 8. The van der Waals surface area contributed by atoms with E-state index in [4.69, 9.17) is 25.1 Å². The molecule has 2 heterocycles. The maximum absolute atomic E-state index is 7.72. The molecule has 8 nitrogen and oxygen atoms in total. The zero-order chi connectivity index (χ0) is 20.9. The number of ether oxygens (including phenoxy) is 2. The molecule has 0 amide bonds. The Labute approximate surface area is 187 Å². The van der Waals surface area contributed by atoms with Crippen LogP contribution in [-0.4, -0.2) is 47.9 Å². The number of nitrogens with one attached hydrogen (secondary N) is 1. The van der Waals surface area contributed by atoms with Crippen LogP contribution in [0.2, 0.25) is 0 Å². The molecule has 3 N–H and O–H groups in total. The van der Waals surface area contributed by atoms with Gasteiger partial charge in [-0.05, 0) is 54.7 Å². The van der Waals surface area contributed by atoms with Crippen LogP contribution in [0.15, 0.2) is 40.9 Å². The molecule has 4 rings (SSSR count). The van der Waals surface area contributed by atoms with Gasteiger partial charge in [0.2, 0.25) is 11.7 Å². The third kappa shape index (κ3) is 5.26. The lowest BCUT2D eigenvalue weighted by atomic mass is 10.1. The number of nitrogens with zero attached hydrogens (tertiary/aromatic N) is 3. The summed E-state index contributed by atoms with van der Waals surface area (Å²) < 4.78 is 16.4. The number of halogens is 1. The van der Waals surface area contributed by atoms with Crippen LogP contribution in [-0.2, 0) is 4.74 Å². The van der Waals surface area contributed by atoms with Gasteiger partial charge in [0.1, 0.15) is 11.8 Å². The Bertz CT molecular complexity index is 1030. The molecule has 9 heteroatoms. The van der Waals surface area contributed by atoms with E-state index in [2.05, 4.69) is 10.1 Å². The van der Waals surface area contributed by atoms with Gasteiger partial charge < -0.3 is 24.6 Å². The molecular formula is C22H28ClN5O3. The van der Waals surface area contributed by atoms with Crippen molar-refractivity contribution in [2.45, 2.75) is 31.7 Å². The molecule has 0 aliphatic carbocycles. The summed E-state index contributed by atoms with van der Waals surface area (Å²) in [6.07, 6.45) is 3.76. The maximum Gasteiger partial charge on any atom is 0.249 e. The quantitative estimate of drug-likeness (QED) is 0.304. The minimum absolute atomic E-state index is 0. The van der Waals surface area contributed by atoms with Crippen LogP contribution in [0.5, 0.6) is 5.75 Å². The number of fused-ring (bicyclic) bond motifs is 1. The second-order valence-corrected chi connectivity index (χ2v) is 7.46. The van der Waals surface area contributed by atoms with E-state index in [1.54, 1.807) is 12.0 Å². The number of nitrogens with two attached hydrogens (primary N) is 1. The van der Waals surface area contributed by atoms with E-state index in [-0.39, 0.29) is 24.4 Å². The zero-order valence-electron chi connectivity index (χ0n) is 17.5. The van der Waals surface area contributed by atoms with Gasteiger partial charge in [-0.3, -0.25) is 5.41 Å². The number of benzene rings is 2. The summed E-state index contributed by atoms with van der Waals surface area (Å²) >= 11 is 0. The van der Waals surface area contributed by atoms with E-state index in [1.165, 1.54) is 0 Å². The first-order chi connectivity index (χ1) is 14.7. The van der Waals surface area contributed by atoms with Gasteiger partial charge >= 0.3 is 0 Å². The molecule has 3 aromatic rings. The van der Waals surface area contributed by atoms with E-state index < -0.39 is 0 Å². The Kier molecular flexibility index (Phi) is 7.70. The lowest BCUT2D eigenvalue weighted by Gasteiger charge is -2.21. The van der Waals surface area contributed by atoms with Gasteiger partial charge in [0.05, 0.1) is 6.61 Å². The number of aromatic nitrogens is 2. The van der Waals surface area contributed by atoms with E-state index in [0.29, 0.717) is 18.3 Å². The zero-order valence-corrected chi connectivity index (χ0v) is 18.4. The highest BCUT2D eigenvalue weighted by atomic mass is 35.5. The first-order valence-electron chi connectivity index (χ1n) is 10.3. The largest absolute Gasteiger partial charge is 0.494 e. The molecule has 0 spiro atoms. The van der Waals surface area contributed by atoms with Crippen LogP contribution >= 0.6 is 12.4 Å². The Balaban J connectivity index is 0.00000272. The van der Waals surface area contributed by atoms with Crippen molar-refractivity contribution in [3.8, 4) is 17.1 Å². The molecule has 1 atom stereocenters. The van der Waals surface area contributed by atoms with Crippen LogP contribution in [0.4, 0.5) is 0 Å². The molecule has 166 valence electrons. The average Bonchev–Trinajstić information content (AvgIpc) is 3.42. The molecule has 1 aliphatic heterocycles. The van der Waals surface area contributed by atoms with Gasteiger partial charge in [-0.15, -0.1) is 12.4 Å². The number of hydrogen-bond donors (Lipinski definition) is 2. The van der Waals surface area contributed by atoms with Gasteiger partial charge in [0.15, 0.2) is 5.96 Å². The highest BCUT2D eigenvalue weighted by Gasteiger charge is 2.31. The first-order valence-corrected chi connectivity index (χ1v) is 10.3. The first kappa shape index (κ1) is 22.8. The van der Waals surface area contributed by atoms with Crippen molar-refractivity contribution in [3.63, 3.8) is 0 Å². The maximum atomic E-state index is 7.72. The highest BCUT2D eigenvalue weighted by Crippen LogP contribution is 2.32. The lowest BCUT2D eigenvalue weighted by molar-refractivity contribution is 0.184. The smallest absolute Gasteiger partial charge is 0.249 e. The van der Waals surface area contributed by atoms with E-state index in [1.807, 2.05) is 36.4 Å². The second-order valence-electron chi connectivity index (χ2n) is 7.46. The van der Waals surface area contributed by atoms with E-state index in [0.717, 1.165) is 60.9 Å². The highest BCUT2D eigenvalue weighted by molar-refractivity contribution is 5.87. The summed E-state index contributed by atoms with van der Waals surface area (Å²) in [5.41, 5.74) is 6.56. The molecule has 1 aromatic heterocycles. The minimum Gasteiger partial charge on any atom is -0.494 e. The van der Waals surface area contributed by atoms with Gasteiger partial charge in [-0.1, -0.05) is 23.4 Å². The molecule has 1 fully saturated rings. The lowest BCUT2D eigenvalue weighted by Crippen LogP contribution is -2.35. The van der Waals surface area contributed by atoms with Crippen molar-refractivity contribution in [1.29, 1.82) is 5.41 Å². The Morgan fingerprint density at radius 1 is 1.19 bits per heavy atom. The van der Waals surface area contributed by atoms with Crippen LogP contribution in [0.3, 0.4) is 0 Å². The topological polar surface area (TPSA) is 110 Å².